The molecule has 5 heteroatoms. The molecule has 1 N–H and O–H groups in total. The second-order valence-electron chi connectivity index (χ2n) is 4.09. The van der Waals surface area contributed by atoms with Crippen molar-refractivity contribution in [2.45, 2.75) is 37.9 Å². The summed E-state index contributed by atoms with van der Waals surface area (Å²) < 4.78 is 9.39. The highest BCUT2D eigenvalue weighted by molar-refractivity contribution is 5.93. The summed E-state index contributed by atoms with van der Waals surface area (Å²) in [6.07, 6.45) is 2.72. The van der Waals surface area contributed by atoms with E-state index in [0.29, 0.717) is 24.0 Å². The van der Waals surface area contributed by atoms with Crippen LogP contribution >= 0.6 is 0 Å². The van der Waals surface area contributed by atoms with Crippen LogP contribution in [0.3, 0.4) is 0 Å². The largest absolute Gasteiger partial charge is 0.469 e. The van der Waals surface area contributed by atoms with Gasteiger partial charge < -0.3 is 14.6 Å². The van der Waals surface area contributed by atoms with Gasteiger partial charge in [-0.3, -0.25) is 4.79 Å². The Kier molecular flexibility index (Phi) is 2.71. The predicted molar refractivity (Wildman–Crippen MR) is 53.2 cm³/mol. The van der Waals surface area contributed by atoms with E-state index in [2.05, 4.69) is 4.74 Å². The second-order valence-corrected chi connectivity index (χ2v) is 4.09. The molecule has 2 aliphatic rings. The zero-order valence-electron chi connectivity index (χ0n) is 9.12. The normalized spacial score (nSPS) is 28.8. The average molecular weight is 226 g/mol. The molecule has 0 bridgehead atoms. The SMILES string of the molecule is COC(=O)CC1(O)OC(=O)C2=C1CCCC2. The molecule has 0 radical (unpaired) electrons. The van der Waals surface area contributed by atoms with Crippen molar-refractivity contribution < 1.29 is 24.2 Å². The van der Waals surface area contributed by atoms with Gasteiger partial charge >= 0.3 is 11.9 Å². The summed E-state index contributed by atoms with van der Waals surface area (Å²) in [6.45, 7) is 0. The molecule has 1 aliphatic carbocycles. The Morgan fingerprint density at radius 2 is 2.19 bits per heavy atom. The third-order valence-corrected chi connectivity index (χ3v) is 3.06. The Balaban J connectivity index is 2.26. The number of carbonyl (C=O) groups is 2. The highest BCUT2D eigenvalue weighted by Crippen LogP contribution is 2.41. The molecule has 0 aromatic rings. The number of rotatable bonds is 2. The van der Waals surface area contributed by atoms with Gasteiger partial charge in [-0.2, -0.15) is 0 Å². The third kappa shape index (κ3) is 1.71. The Morgan fingerprint density at radius 1 is 1.50 bits per heavy atom. The summed E-state index contributed by atoms with van der Waals surface area (Å²) in [5.41, 5.74) is 1.10. The summed E-state index contributed by atoms with van der Waals surface area (Å²) in [7, 11) is 1.23. The van der Waals surface area contributed by atoms with Crippen LogP contribution in [0.15, 0.2) is 11.1 Å². The van der Waals surface area contributed by atoms with E-state index in [-0.39, 0.29) is 6.42 Å². The van der Waals surface area contributed by atoms with Crippen molar-refractivity contribution in [1.82, 2.24) is 0 Å². The molecule has 1 heterocycles. The molecule has 1 atom stereocenters. The third-order valence-electron chi connectivity index (χ3n) is 3.06. The number of methoxy groups -OCH3 is 1. The molecule has 16 heavy (non-hydrogen) atoms. The second kappa shape index (κ2) is 3.90. The number of esters is 2. The van der Waals surface area contributed by atoms with E-state index < -0.39 is 17.7 Å². The lowest BCUT2D eigenvalue weighted by molar-refractivity contribution is -0.189. The lowest BCUT2D eigenvalue weighted by atomic mass is 9.87. The van der Waals surface area contributed by atoms with Crippen LogP contribution in [-0.2, 0) is 19.1 Å². The molecule has 0 spiro atoms. The number of aliphatic hydroxyl groups is 1. The zero-order valence-corrected chi connectivity index (χ0v) is 9.12. The summed E-state index contributed by atoms with van der Waals surface area (Å²) in [6, 6.07) is 0. The van der Waals surface area contributed by atoms with Gasteiger partial charge in [0.2, 0.25) is 5.79 Å². The first-order valence-corrected chi connectivity index (χ1v) is 5.32. The van der Waals surface area contributed by atoms with E-state index in [1.807, 2.05) is 0 Å². The van der Waals surface area contributed by atoms with E-state index in [4.69, 9.17) is 4.74 Å². The molecule has 0 aromatic carbocycles. The highest BCUT2D eigenvalue weighted by Gasteiger charge is 2.48. The Bertz CT molecular complexity index is 371. The molecule has 1 unspecified atom stereocenters. The van der Waals surface area contributed by atoms with Crippen LogP contribution in [-0.4, -0.2) is 29.9 Å². The van der Waals surface area contributed by atoms with Crippen LogP contribution in [0.2, 0.25) is 0 Å². The van der Waals surface area contributed by atoms with Crippen LogP contribution in [0.5, 0.6) is 0 Å². The van der Waals surface area contributed by atoms with Crippen LogP contribution in [0.25, 0.3) is 0 Å². The maximum atomic E-state index is 11.5. The Morgan fingerprint density at radius 3 is 2.88 bits per heavy atom. The molecule has 0 saturated heterocycles. The maximum absolute atomic E-state index is 11.5. The summed E-state index contributed by atoms with van der Waals surface area (Å²) >= 11 is 0. The molecule has 88 valence electrons. The van der Waals surface area contributed by atoms with E-state index >= 15 is 0 Å². The van der Waals surface area contributed by atoms with Crippen LogP contribution < -0.4 is 0 Å². The molecule has 5 nitrogen and oxygen atoms in total. The van der Waals surface area contributed by atoms with Crippen LogP contribution in [0.4, 0.5) is 0 Å². The van der Waals surface area contributed by atoms with Crippen molar-refractivity contribution in [3.05, 3.63) is 11.1 Å². The quantitative estimate of drug-likeness (QED) is 0.700. The average Bonchev–Trinajstić information content (AvgIpc) is 2.52. The van der Waals surface area contributed by atoms with E-state index in [1.165, 1.54) is 7.11 Å². The first-order valence-electron chi connectivity index (χ1n) is 5.32. The minimum atomic E-state index is -1.76. The van der Waals surface area contributed by atoms with Gasteiger partial charge in [-0.15, -0.1) is 0 Å². The lowest BCUT2D eigenvalue weighted by Gasteiger charge is -2.24. The van der Waals surface area contributed by atoms with Crippen molar-refractivity contribution in [3.8, 4) is 0 Å². The fraction of sp³-hybridized carbons (Fsp3) is 0.636. The zero-order chi connectivity index (χ0) is 11.8. The van der Waals surface area contributed by atoms with Gasteiger partial charge in [0, 0.05) is 11.1 Å². The van der Waals surface area contributed by atoms with Crippen molar-refractivity contribution in [2.24, 2.45) is 0 Å². The van der Waals surface area contributed by atoms with Gasteiger partial charge in [0.05, 0.1) is 7.11 Å². The number of ether oxygens (including phenoxy) is 2. The maximum Gasteiger partial charge on any atom is 0.336 e. The molecular formula is C11H14O5. The fourth-order valence-electron chi connectivity index (χ4n) is 2.25. The number of carbonyl (C=O) groups excluding carboxylic acids is 2. The molecular weight excluding hydrogens is 212 g/mol. The van der Waals surface area contributed by atoms with E-state index in [1.54, 1.807) is 0 Å². The topological polar surface area (TPSA) is 72.8 Å². The fourth-order valence-corrected chi connectivity index (χ4v) is 2.25. The Labute approximate surface area is 93.0 Å². The van der Waals surface area contributed by atoms with Gasteiger partial charge in [0.1, 0.15) is 6.42 Å². The van der Waals surface area contributed by atoms with Crippen LogP contribution in [0, 0.1) is 0 Å². The molecule has 1 aliphatic heterocycles. The summed E-state index contributed by atoms with van der Waals surface area (Å²) in [4.78, 5) is 22.7. The number of cyclic esters (lactones) is 1. The molecule has 0 fully saturated rings. The van der Waals surface area contributed by atoms with Gasteiger partial charge in [-0.05, 0) is 25.7 Å². The van der Waals surface area contributed by atoms with Crippen LogP contribution in [0.1, 0.15) is 32.1 Å². The first-order chi connectivity index (χ1) is 7.57. The van der Waals surface area contributed by atoms with Gasteiger partial charge in [-0.1, -0.05) is 0 Å². The smallest absolute Gasteiger partial charge is 0.336 e. The van der Waals surface area contributed by atoms with Crippen molar-refractivity contribution >= 4 is 11.9 Å². The predicted octanol–water partition coefficient (Wildman–Crippen LogP) is 0.665. The van der Waals surface area contributed by atoms with Crippen molar-refractivity contribution in [3.63, 3.8) is 0 Å². The van der Waals surface area contributed by atoms with E-state index in [0.717, 1.165) is 12.8 Å². The molecule has 0 aromatic heterocycles. The number of hydrogen-bond acceptors (Lipinski definition) is 5. The molecule has 2 rings (SSSR count). The molecule has 0 saturated carbocycles. The summed E-state index contributed by atoms with van der Waals surface area (Å²) in [5, 5.41) is 10.2. The summed E-state index contributed by atoms with van der Waals surface area (Å²) in [5.74, 6) is -2.85. The van der Waals surface area contributed by atoms with Crippen molar-refractivity contribution in [1.29, 1.82) is 0 Å². The van der Waals surface area contributed by atoms with Gasteiger partial charge in [0.25, 0.3) is 0 Å². The van der Waals surface area contributed by atoms with Gasteiger partial charge in [0.15, 0.2) is 0 Å². The van der Waals surface area contributed by atoms with Gasteiger partial charge in [-0.25, -0.2) is 4.79 Å². The number of hydrogen-bond donors (Lipinski definition) is 1. The minimum Gasteiger partial charge on any atom is -0.469 e. The Hall–Kier alpha value is -1.36. The molecule has 0 amide bonds. The van der Waals surface area contributed by atoms with E-state index in [9.17, 15) is 14.7 Å². The lowest BCUT2D eigenvalue weighted by Crippen LogP contribution is -2.35. The minimum absolute atomic E-state index is 0.325. The highest BCUT2D eigenvalue weighted by atomic mass is 16.7. The standard InChI is InChI=1S/C11H14O5/c1-15-9(12)6-11(14)8-5-3-2-4-7(8)10(13)16-11/h14H,2-6H2,1H3. The first kappa shape index (κ1) is 11.1. The monoisotopic (exact) mass is 226 g/mol. The van der Waals surface area contributed by atoms with Crippen molar-refractivity contribution in [2.75, 3.05) is 7.11 Å².